The molecule has 2 aromatic rings. The molecule has 1 atom stereocenters. The number of fused-ring (bicyclic) bond motifs is 1. The molecule has 0 aromatic heterocycles. The van der Waals surface area contributed by atoms with E-state index >= 15 is 0 Å². The molecule has 0 amide bonds. The van der Waals surface area contributed by atoms with Crippen LogP contribution >= 0.6 is 0 Å². The Bertz CT molecular complexity index is 708. The Hall–Kier alpha value is -1.91. The predicted molar refractivity (Wildman–Crippen MR) is 98.0 cm³/mol. The summed E-state index contributed by atoms with van der Waals surface area (Å²) < 4.78 is 5.90. The van der Waals surface area contributed by atoms with Crippen molar-refractivity contribution in [2.24, 2.45) is 0 Å². The molecular formula is C20H26N2O2. The van der Waals surface area contributed by atoms with Crippen LogP contribution in [0.5, 0.6) is 5.75 Å². The molecule has 1 fully saturated rings. The van der Waals surface area contributed by atoms with Crippen LogP contribution in [0.15, 0.2) is 36.4 Å². The number of carbonyl (C=O) groups excluding carboxylic acids is 1. The number of hydrogen-bond acceptors (Lipinski definition) is 4. The molecular weight excluding hydrogens is 300 g/mol. The average Bonchev–Trinajstić information content (AvgIpc) is 2.65. The highest BCUT2D eigenvalue weighted by Crippen LogP contribution is 2.30. The number of benzene rings is 2. The summed E-state index contributed by atoms with van der Waals surface area (Å²) in [5, 5.41) is 5.40. The van der Waals surface area contributed by atoms with Gasteiger partial charge in [-0.1, -0.05) is 37.3 Å². The molecule has 24 heavy (non-hydrogen) atoms. The normalized spacial score (nSPS) is 16.9. The molecule has 1 saturated heterocycles. The second-order valence-corrected chi connectivity index (χ2v) is 6.33. The van der Waals surface area contributed by atoms with Gasteiger partial charge in [-0.25, -0.2) is 0 Å². The summed E-state index contributed by atoms with van der Waals surface area (Å²) in [6.45, 7) is 8.40. The Morgan fingerprint density at radius 1 is 1.21 bits per heavy atom. The molecule has 128 valence electrons. The molecule has 1 N–H and O–H groups in total. The van der Waals surface area contributed by atoms with E-state index in [1.807, 2.05) is 43.3 Å². The largest absolute Gasteiger partial charge is 0.493 e. The molecule has 1 aliphatic rings. The monoisotopic (exact) mass is 326 g/mol. The second kappa shape index (κ2) is 7.77. The van der Waals surface area contributed by atoms with Crippen molar-refractivity contribution in [3.05, 3.63) is 42.0 Å². The van der Waals surface area contributed by atoms with Gasteiger partial charge in [-0.2, -0.15) is 0 Å². The van der Waals surface area contributed by atoms with Crippen LogP contribution in [-0.4, -0.2) is 49.5 Å². The maximum atomic E-state index is 13.3. The fourth-order valence-electron chi connectivity index (χ4n) is 3.28. The van der Waals surface area contributed by atoms with Crippen molar-refractivity contribution in [1.29, 1.82) is 0 Å². The summed E-state index contributed by atoms with van der Waals surface area (Å²) in [5.74, 6) is 0.863. The highest BCUT2D eigenvalue weighted by Gasteiger charge is 2.27. The molecule has 3 rings (SSSR count). The zero-order chi connectivity index (χ0) is 16.9. The molecule has 2 aromatic carbocycles. The first-order valence-corrected chi connectivity index (χ1v) is 8.86. The van der Waals surface area contributed by atoms with Crippen molar-refractivity contribution in [2.75, 3.05) is 32.8 Å². The van der Waals surface area contributed by atoms with E-state index in [2.05, 4.69) is 17.1 Å². The number of ether oxygens (including phenoxy) is 1. The quantitative estimate of drug-likeness (QED) is 0.828. The molecule has 1 aliphatic heterocycles. The summed E-state index contributed by atoms with van der Waals surface area (Å²) in [4.78, 5) is 15.6. The molecule has 4 heteroatoms. The van der Waals surface area contributed by atoms with Gasteiger partial charge in [0.1, 0.15) is 5.75 Å². The fraction of sp³-hybridized carbons (Fsp3) is 0.450. The maximum Gasteiger partial charge on any atom is 0.184 e. The van der Waals surface area contributed by atoms with Crippen LogP contribution in [0.3, 0.4) is 0 Å². The minimum atomic E-state index is -0.137. The lowest BCUT2D eigenvalue weighted by molar-refractivity contribution is 0.0818. The third-order valence-corrected chi connectivity index (χ3v) is 4.68. The van der Waals surface area contributed by atoms with Crippen LogP contribution in [0.1, 0.15) is 30.6 Å². The van der Waals surface area contributed by atoms with Crippen LogP contribution in [-0.2, 0) is 0 Å². The van der Waals surface area contributed by atoms with Gasteiger partial charge in [-0.3, -0.25) is 9.69 Å². The first kappa shape index (κ1) is 16.9. The summed E-state index contributed by atoms with van der Waals surface area (Å²) >= 11 is 0. The second-order valence-electron chi connectivity index (χ2n) is 6.33. The van der Waals surface area contributed by atoms with Gasteiger partial charge >= 0.3 is 0 Å². The zero-order valence-electron chi connectivity index (χ0n) is 14.5. The van der Waals surface area contributed by atoms with E-state index < -0.39 is 0 Å². The van der Waals surface area contributed by atoms with Gasteiger partial charge in [0.05, 0.1) is 18.2 Å². The van der Waals surface area contributed by atoms with Crippen molar-refractivity contribution < 1.29 is 9.53 Å². The standard InChI is InChI=1S/C20H26N2O2/c1-3-14-24-18-9-8-16-6-4-5-7-17(16)19(18)20(23)15(2)22-12-10-21-11-13-22/h4-9,15,21H,3,10-14H2,1-2H3. The van der Waals surface area contributed by atoms with E-state index in [9.17, 15) is 4.79 Å². The van der Waals surface area contributed by atoms with Gasteiger partial charge in [0.15, 0.2) is 5.78 Å². The first-order valence-electron chi connectivity index (χ1n) is 8.86. The predicted octanol–water partition coefficient (Wildman–Crippen LogP) is 3.11. The van der Waals surface area contributed by atoms with Crippen LogP contribution in [0.2, 0.25) is 0 Å². The Labute approximate surface area is 143 Å². The zero-order valence-corrected chi connectivity index (χ0v) is 14.5. The van der Waals surface area contributed by atoms with Gasteiger partial charge in [-0.05, 0) is 30.2 Å². The lowest BCUT2D eigenvalue weighted by Crippen LogP contribution is -2.50. The molecule has 0 bridgehead atoms. The highest BCUT2D eigenvalue weighted by molar-refractivity contribution is 6.12. The van der Waals surface area contributed by atoms with Crippen molar-refractivity contribution in [3.8, 4) is 5.75 Å². The number of nitrogens with zero attached hydrogens (tertiary/aromatic N) is 1. The van der Waals surface area contributed by atoms with Gasteiger partial charge in [-0.15, -0.1) is 0 Å². The van der Waals surface area contributed by atoms with Crippen molar-refractivity contribution in [3.63, 3.8) is 0 Å². The number of nitrogens with one attached hydrogen (secondary N) is 1. The van der Waals surface area contributed by atoms with Gasteiger partial charge in [0, 0.05) is 26.2 Å². The smallest absolute Gasteiger partial charge is 0.184 e. The molecule has 1 heterocycles. The third kappa shape index (κ3) is 3.45. The average molecular weight is 326 g/mol. The number of piperazine rings is 1. The van der Waals surface area contributed by atoms with E-state index in [0.717, 1.165) is 48.9 Å². The summed E-state index contributed by atoms with van der Waals surface area (Å²) in [5.41, 5.74) is 0.729. The number of rotatable bonds is 6. The molecule has 0 spiro atoms. The Kier molecular flexibility index (Phi) is 5.48. The van der Waals surface area contributed by atoms with Gasteiger partial charge in [0.25, 0.3) is 0 Å². The summed E-state index contributed by atoms with van der Waals surface area (Å²) in [6.07, 6.45) is 0.924. The summed E-state index contributed by atoms with van der Waals surface area (Å²) in [7, 11) is 0. The van der Waals surface area contributed by atoms with Crippen LogP contribution in [0.4, 0.5) is 0 Å². The molecule has 4 nitrogen and oxygen atoms in total. The lowest BCUT2D eigenvalue weighted by Gasteiger charge is -2.32. The maximum absolute atomic E-state index is 13.3. The number of ketones is 1. The van der Waals surface area contributed by atoms with Crippen LogP contribution < -0.4 is 10.1 Å². The number of carbonyl (C=O) groups is 1. The van der Waals surface area contributed by atoms with Crippen LogP contribution in [0, 0.1) is 0 Å². The summed E-state index contributed by atoms with van der Waals surface area (Å²) in [6, 6.07) is 11.9. The van der Waals surface area contributed by atoms with Crippen molar-refractivity contribution in [2.45, 2.75) is 26.3 Å². The molecule has 1 unspecified atom stereocenters. The Balaban J connectivity index is 1.99. The van der Waals surface area contributed by atoms with Crippen LogP contribution in [0.25, 0.3) is 10.8 Å². The minimum absolute atomic E-state index is 0.137. The Morgan fingerprint density at radius 2 is 1.96 bits per heavy atom. The van der Waals surface area contributed by atoms with Crippen molar-refractivity contribution >= 4 is 16.6 Å². The third-order valence-electron chi connectivity index (χ3n) is 4.68. The molecule has 0 radical (unpaired) electrons. The Morgan fingerprint density at radius 3 is 2.71 bits per heavy atom. The topological polar surface area (TPSA) is 41.6 Å². The SMILES string of the molecule is CCCOc1ccc2ccccc2c1C(=O)C(C)N1CCNCC1. The van der Waals surface area contributed by atoms with Gasteiger partial charge < -0.3 is 10.1 Å². The molecule has 0 saturated carbocycles. The van der Waals surface area contributed by atoms with E-state index in [1.165, 1.54) is 0 Å². The molecule has 0 aliphatic carbocycles. The number of hydrogen-bond donors (Lipinski definition) is 1. The first-order chi connectivity index (χ1) is 11.7. The van der Waals surface area contributed by atoms with E-state index in [0.29, 0.717) is 12.4 Å². The van der Waals surface area contributed by atoms with E-state index in [-0.39, 0.29) is 11.8 Å². The fourth-order valence-corrected chi connectivity index (χ4v) is 3.28. The highest BCUT2D eigenvalue weighted by atomic mass is 16.5. The van der Waals surface area contributed by atoms with E-state index in [1.54, 1.807) is 0 Å². The van der Waals surface area contributed by atoms with E-state index in [4.69, 9.17) is 4.74 Å². The minimum Gasteiger partial charge on any atom is -0.493 e. The van der Waals surface area contributed by atoms with Gasteiger partial charge in [0.2, 0.25) is 0 Å². The van der Waals surface area contributed by atoms with Crippen molar-refractivity contribution in [1.82, 2.24) is 10.2 Å². The number of Topliss-reactive ketones (excluding diaryl/α,β-unsaturated/α-hetero) is 1. The lowest BCUT2D eigenvalue weighted by atomic mass is 9.96.